The van der Waals surface area contributed by atoms with Crippen molar-refractivity contribution in [3.8, 4) is 0 Å². The molecule has 0 bridgehead atoms. The number of hydrogen-bond acceptors (Lipinski definition) is 3. The third-order valence-corrected chi connectivity index (χ3v) is 2.94. The monoisotopic (exact) mass is 285 g/mol. The fourth-order valence-corrected chi connectivity index (χ4v) is 1.95. The van der Waals surface area contributed by atoms with Gasteiger partial charge in [-0.1, -0.05) is 48.5 Å². The zero-order valence-electron chi connectivity index (χ0n) is 12.0. The molecular formula is C17H19NO3. The van der Waals surface area contributed by atoms with Gasteiger partial charge >= 0.3 is 6.09 Å². The first-order chi connectivity index (χ1) is 10.2. The first kappa shape index (κ1) is 15.1. The van der Waals surface area contributed by atoms with Crippen LogP contribution in [0.2, 0.25) is 0 Å². The minimum absolute atomic E-state index is 0.192. The topological polar surface area (TPSA) is 49.8 Å². The van der Waals surface area contributed by atoms with Gasteiger partial charge < -0.3 is 9.84 Å². The fourth-order valence-electron chi connectivity index (χ4n) is 1.95. The van der Waals surface area contributed by atoms with Crippen LogP contribution in [-0.4, -0.2) is 23.8 Å². The van der Waals surface area contributed by atoms with Gasteiger partial charge in [-0.2, -0.15) is 0 Å². The van der Waals surface area contributed by atoms with E-state index in [2.05, 4.69) is 0 Å². The van der Waals surface area contributed by atoms with Gasteiger partial charge in [-0.05, 0) is 24.6 Å². The highest BCUT2D eigenvalue weighted by Gasteiger charge is 2.18. The number of amides is 1. The molecule has 0 radical (unpaired) electrons. The van der Waals surface area contributed by atoms with E-state index in [0.717, 1.165) is 5.56 Å². The van der Waals surface area contributed by atoms with Crippen LogP contribution in [0.5, 0.6) is 0 Å². The Labute approximate surface area is 124 Å². The predicted octanol–water partition coefficient (Wildman–Crippen LogP) is 3.21. The van der Waals surface area contributed by atoms with E-state index in [4.69, 9.17) is 4.74 Å². The molecule has 2 aromatic carbocycles. The highest BCUT2D eigenvalue weighted by molar-refractivity contribution is 5.87. The maximum absolute atomic E-state index is 12.2. The molecule has 0 saturated carbocycles. The summed E-state index contributed by atoms with van der Waals surface area (Å²) in [5.74, 6) is 0. The maximum atomic E-state index is 12.2. The molecule has 1 N–H and O–H groups in total. The Balaban J connectivity index is 2.04. The lowest BCUT2D eigenvalue weighted by Crippen LogP contribution is -2.37. The Morgan fingerprint density at radius 1 is 1.10 bits per heavy atom. The summed E-state index contributed by atoms with van der Waals surface area (Å²) in [6, 6.07) is 18.7. The maximum Gasteiger partial charge on any atom is 0.414 e. The second kappa shape index (κ2) is 7.45. The second-order valence-electron chi connectivity index (χ2n) is 4.84. The van der Waals surface area contributed by atoms with Gasteiger partial charge in [0.2, 0.25) is 0 Å². The van der Waals surface area contributed by atoms with Gasteiger partial charge in [0.05, 0.1) is 12.6 Å². The molecule has 0 fully saturated rings. The molecule has 2 rings (SSSR count). The number of hydrogen-bond donors (Lipinski definition) is 1. The van der Waals surface area contributed by atoms with Crippen LogP contribution < -0.4 is 4.90 Å². The highest BCUT2D eigenvalue weighted by Crippen LogP contribution is 2.16. The molecule has 0 spiro atoms. The molecule has 0 aliphatic rings. The molecule has 110 valence electrons. The van der Waals surface area contributed by atoms with Gasteiger partial charge in [0.15, 0.2) is 0 Å². The van der Waals surface area contributed by atoms with Crippen LogP contribution in [0.25, 0.3) is 0 Å². The average molecular weight is 285 g/mol. The Morgan fingerprint density at radius 2 is 1.67 bits per heavy atom. The normalized spacial score (nSPS) is 11.7. The van der Waals surface area contributed by atoms with Crippen molar-refractivity contribution in [1.82, 2.24) is 0 Å². The number of benzene rings is 2. The number of aliphatic hydroxyl groups excluding tert-OH is 1. The van der Waals surface area contributed by atoms with Crippen molar-refractivity contribution in [2.45, 2.75) is 19.6 Å². The molecule has 0 aliphatic heterocycles. The first-order valence-corrected chi connectivity index (χ1v) is 6.88. The quantitative estimate of drug-likeness (QED) is 0.917. The Morgan fingerprint density at radius 3 is 2.24 bits per heavy atom. The molecule has 2 aromatic rings. The van der Waals surface area contributed by atoms with Crippen LogP contribution in [0, 0.1) is 0 Å². The smallest absolute Gasteiger partial charge is 0.414 e. The van der Waals surface area contributed by atoms with E-state index in [-0.39, 0.29) is 13.2 Å². The minimum atomic E-state index is -0.630. The SMILES string of the molecule is CC(O)CN(C(=O)OCc1ccccc1)c1ccccc1. The van der Waals surface area contributed by atoms with Gasteiger partial charge in [0.1, 0.15) is 6.61 Å². The Bertz CT molecular complexity index is 555. The van der Waals surface area contributed by atoms with E-state index in [1.54, 1.807) is 6.92 Å². The zero-order chi connectivity index (χ0) is 15.1. The second-order valence-corrected chi connectivity index (χ2v) is 4.84. The summed E-state index contributed by atoms with van der Waals surface area (Å²) in [6.45, 7) is 2.04. The zero-order valence-corrected chi connectivity index (χ0v) is 12.0. The summed E-state index contributed by atoms with van der Waals surface area (Å²) >= 11 is 0. The lowest BCUT2D eigenvalue weighted by Gasteiger charge is -2.23. The third-order valence-electron chi connectivity index (χ3n) is 2.94. The van der Waals surface area contributed by atoms with Crippen LogP contribution >= 0.6 is 0 Å². The van der Waals surface area contributed by atoms with Crippen molar-refractivity contribution in [3.63, 3.8) is 0 Å². The van der Waals surface area contributed by atoms with Crippen LogP contribution in [-0.2, 0) is 11.3 Å². The summed E-state index contributed by atoms with van der Waals surface area (Å²) < 4.78 is 5.32. The van der Waals surface area contributed by atoms with E-state index < -0.39 is 12.2 Å². The molecule has 0 heterocycles. The number of carbonyl (C=O) groups excluding carboxylic acids is 1. The van der Waals surface area contributed by atoms with E-state index in [0.29, 0.717) is 5.69 Å². The minimum Gasteiger partial charge on any atom is -0.444 e. The molecule has 21 heavy (non-hydrogen) atoms. The predicted molar refractivity (Wildman–Crippen MR) is 82.1 cm³/mol. The van der Waals surface area contributed by atoms with E-state index in [9.17, 15) is 9.90 Å². The van der Waals surface area contributed by atoms with Crippen molar-refractivity contribution in [1.29, 1.82) is 0 Å². The summed E-state index contributed by atoms with van der Waals surface area (Å²) in [7, 11) is 0. The summed E-state index contributed by atoms with van der Waals surface area (Å²) in [6.07, 6.45) is -1.10. The third kappa shape index (κ3) is 4.61. The van der Waals surface area contributed by atoms with Gasteiger partial charge in [-0.15, -0.1) is 0 Å². The molecule has 1 unspecified atom stereocenters. The molecule has 4 nitrogen and oxygen atoms in total. The number of para-hydroxylation sites is 1. The van der Waals surface area contributed by atoms with Crippen LogP contribution in [0.4, 0.5) is 10.5 Å². The van der Waals surface area contributed by atoms with Gasteiger partial charge in [0, 0.05) is 5.69 Å². The van der Waals surface area contributed by atoms with Crippen molar-refractivity contribution in [2.24, 2.45) is 0 Å². The first-order valence-electron chi connectivity index (χ1n) is 6.88. The molecule has 0 aromatic heterocycles. The summed E-state index contributed by atoms with van der Waals surface area (Å²) in [5, 5.41) is 9.57. The van der Waals surface area contributed by atoms with E-state index in [1.807, 2.05) is 60.7 Å². The summed E-state index contributed by atoms with van der Waals surface area (Å²) in [4.78, 5) is 13.7. The molecular weight excluding hydrogens is 266 g/mol. The molecule has 1 amide bonds. The standard InChI is InChI=1S/C17H19NO3/c1-14(19)12-18(16-10-6-3-7-11-16)17(20)21-13-15-8-4-2-5-9-15/h2-11,14,19H,12-13H2,1H3. The number of aliphatic hydroxyl groups is 1. The van der Waals surface area contributed by atoms with Gasteiger partial charge in [-0.3, -0.25) is 4.90 Å². The van der Waals surface area contributed by atoms with Crippen LogP contribution in [0.15, 0.2) is 60.7 Å². The van der Waals surface area contributed by atoms with Crippen LogP contribution in [0.1, 0.15) is 12.5 Å². The number of ether oxygens (including phenoxy) is 1. The molecule has 0 saturated heterocycles. The van der Waals surface area contributed by atoms with Crippen molar-refractivity contribution < 1.29 is 14.6 Å². The fraction of sp³-hybridized carbons (Fsp3) is 0.235. The van der Waals surface area contributed by atoms with Gasteiger partial charge in [0.25, 0.3) is 0 Å². The van der Waals surface area contributed by atoms with Crippen molar-refractivity contribution in [3.05, 3.63) is 66.2 Å². The number of rotatable bonds is 5. The number of carbonyl (C=O) groups is 1. The largest absolute Gasteiger partial charge is 0.444 e. The van der Waals surface area contributed by atoms with E-state index in [1.165, 1.54) is 4.90 Å². The van der Waals surface area contributed by atoms with E-state index >= 15 is 0 Å². The Hall–Kier alpha value is -2.33. The Kier molecular flexibility index (Phi) is 5.35. The number of nitrogens with zero attached hydrogens (tertiary/aromatic N) is 1. The average Bonchev–Trinajstić information content (AvgIpc) is 2.52. The van der Waals surface area contributed by atoms with Crippen molar-refractivity contribution in [2.75, 3.05) is 11.4 Å². The molecule has 0 aliphatic carbocycles. The molecule has 4 heteroatoms. The summed E-state index contributed by atoms with van der Waals surface area (Å²) in [5.41, 5.74) is 1.63. The molecule has 1 atom stereocenters. The van der Waals surface area contributed by atoms with Crippen molar-refractivity contribution >= 4 is 11.8 Å². The lowest BCUT2D eigenvalue weighted by molar-refractivity contribution is 0.139. The lowest BCUT2D eigenvalue weighted by atomic mass is 10.2. The number of anilines is 1. The highest BCUT2D eigenvalue weighted by atomic mass is 16.6. The van der Waals surface area contributed by atoms with Crippen LogP contribution in [0.3, 0.4) is 0 Å². The van der Waals surface area contributed by atoms with Gasteiger partial charge in [-0.25, -0.2) is 4.79 Å².